The third kappa shape index (κ3) is 2.93. The molecular formula is C11H11Cl2FN4O. The Hall–Kier alpha value is -1.47. The van der Waals surface area contributed by atoms with Crippen molar-refractivity contribution < 1.29 is 9.60 Å². The smallest absolute Gasteiger partial charge is 0.141 e. The van der Waals surface area contributed by atoms with Gasteiger partial charge >= 0.3 is 0 Å². The van der Waals surface area contributed by atoms with Gasteiger partial charge in [0, 0.05) is 7.05 Å². The van der Waals surface area contributed by atoms with Crippen molar-refractivity contribution in [3.8, 4) is 0 Å². The summed E-state index contributed by atoms with van der Waals surface area (Å²) in [6.07, 6.45) is 2.82. The predicted molar refractivity (Wildman–Crippen MR) is 71.7 cm³/mol. The first-order chi connectivity index (χ1) is 9.02. The Balaban J connectivity index is 2.30. The second-order valence-corrected chi connectivity index (χ2v) is 4.47. The van der Waals surface area contributed by atoms with E-state index in [0.29, 0.717) is 16.4 Å². The molecule has 0 spiro atoms. The van der Waals surface area contributed by atoms with Crippen LogP contribution in [0.4, 0.5) is 10.1 Å². The van der Waals surface area contributed by atoms with Crippen LogP contribution in [0.3, 0.4) is 0 Å². The minimum Gasteiger partial charge on any atom is -0.319 e. The number of anilines is 1. The summed E-state index contributed by atoms with van der Waals surface area (Å²) >= 11 is 11.7. The highest BCUT2D eigenvalue weighted by Gasteiger charge is 2.19. The largest absolute Gasteiger partial charge is 0.319 e. The van der Waals surface area contributed by atoms with E-state index in [1.807, 2.05) is 0 Å². The summed E-state index contributed by atoms with van der Waals surface area (Å²) in [5, 5.41) is 12.3. The summed E-state index contributed by atoms with van der Waals surface area (Å²) in [4.78, 5) is 0. The van der Waals surface area contributed by atoms with Crippen molar-refractivity contribution in [3.63, 3.8) is 0 Å². The van der Waals surface area contributed by atoms with Crippen molar-refractivity contribution in [1.82, 2.24) is 16.0 Å². The van der Waals surface area contributed by atoms with E-state index in [9.17, 15) is 9.60 Å². The van der Waals surface area contributed by atoms with Crippen molar-refractivity contribution in [2.75, 3.05) is 12.1 Å². The van der Waals surface area contributed by atoms with Gasteiger partial charge < -0.3 is 5.43 Å². The van der Waals surface area contributed by atoms with Crippen molar-refractivity contribution in [2.24, 2.45) is 0 Å². The molecule has 0 unspecified atom stereocenters. The number of nitrogens with zero attached hydrogens (tertiary/aromatic N) is 2. The molecule has 19 heavy (non-hydrogen) atoms. The fourth-order valence-corrected chi connectivity index (χ4v) is 1.89. The molecule has 1 aliphatic rings. The van der Waals surface area contributed by atoms with Gasteiger partial charge in [-0.25, -0.2) is 14.8 Å². The molecule has 1 aromatic carbocycles. The Morgan fingerprint density at radius 3 is 2.63 bits per heavy atom. The van der Waals surface area contributed by atoms with E-state index in [4.69, 9.17) is 23.2 Å². The number of hydrazine groups is 2. The highest BCUT2D eigenvalue weighted by Crippen LogP contribution is 2.28. The molecule has 0 aliphatic carbocycles. The molecule has 1 heterocycles. The SMILES string of the molecule is CNNC1=CN(O)N(c2ccc(F)c(Cl)c2)C=C1Cl. The lowest BCUT2D eigenvalue weighted by molar-refractivity contribution is -0.0455. The molecular weight excluding hydrogens is 294 g/mol. The summed E-state index contributed by atoms with van der Waals surface area (Å²) in [6, 6.07) is 4.05. The van der Waals surface area contributed by atoms with Crippen LogP contribution in [-0.2, 0) is 0 Å². The molecule has 1 aliphatic heterocycles. The fraction of sp³-hybridized carbons (Fsp3) is 0.0909. The van der Waals surface area contributed by atoms with E-state index in [1.54, 1.807) is 7.05 Å². The van der Waals surface area contributed by atoms with Crippen LogP contribution in [-0.4, -0.2) is 17.4 Å². The van der Waals surface area contributed by atoms with E-state index in [2.05, 4.69) is 10.9 Å². The van der Waals surface area contributed by atoms with Gasteiger partial charge in [-0.15, -0.1) is 0 Å². The normalized spacial score (nSPS) is 15.2. The van der Waals surface area contributed by atoms with Gasteiger partial charge in [-0.2, -0.15) is 5.17 Å². The van der Waals surface area contributed by atoms with E-state index in [0.717, 1.165) is 5.17 Å². The molecule has 0 atom stereocenters. The third-order valence-corrected chi connectivity index (χ3v) is 2.98. The van der Waals surface area contributed by atoms with Gasteiger partial charge in [-0.1, -0.05) is 23.2 Å². The lowest BCUT2D eigenvalue weighted by Gasteiger charge is -2.31. The van der Waals surface area contributed by atoms with E-state index < -0.39 is 5.82 Å². The van der Waals surface area contributed by atoms with Gasteiger partial charge in [0.2, 0.25) is 0 Å². The zero-order chi connectivity index (χ0) is 14.0. The van der Waals surface area contributed by atoms with Gasteiger partial charge in [-0.3, -0.25) is 5.21 Å². The molecule has 3 N–H and O–H groups in total. The maximum atomic E-state index is 13.1. The van der Waals surface area contributed by atoms with Crippen molar-refractivity contribution >= 4 is 28.9 Å². The number of hydroxylamine groups is 1. The second kappa shape index (κ2) is 5.66. The number of allylic oxidation sites excluding steroid dienone is 1. The van der Waals surface area contributed by atoms with Gasteiger partial charge in [0.05, 0.1) is 33.8 Å². The van der Waals surface area contributed by atoms with Crippen LogP contribution in [0.5, 0.6) is 0 Å². The Kier molecular flexibility index (Phi) is 4.16. The van der Waals surface area contributed by atoms with Crippen LogP contribution in [0.2, 0.25) is 5.02 Å². The van der Waals surface area contributed by atoms with E-state index in [-0.39, 0.29) is 5.02 Å². The first kappa shape index (κ1) is 14.0. The molecule has 1 aromatic rings. The molecule has 102 valence electrons. The molecule has 8 heteroatoms. The van der Waals surface area contributed by atoms with Gasteiger partial charge in [0.1, 0.15) is 5.82 Å². The first-order valence-electron chi connectivity index (χ1n) is 5.27. The highest BCUT2D eigenvalue weighted by molar-refractivity contribution is 6.32. The Bertz CT molecular complexity index is 549. The number of halogens is 3. The minimum atomic E-state index is -0.532. The molecule has 0 saturated heterocycles. The summed E-state index contributed by atoms with van der Waals surface area (Å²) in [7, 11) is 1.67. The quantitative estimate of drug-likeness (QED) is 0.749. The third-order valence-electron chi connectivity index (χ3n) is 2.39. The van der Waals surface area contributed by atoms with Crippen LogP contribution < -0.4 is 15.9 Å². The summed E-state index contributed by atoms with van der Waals surface area (Å²) in [5.41, 5.74) is 6.39. The molecule has 5 nitrogen and oxygen atoms in total. The molecule has 2 rings (SSSR count). The standard InChI is InChI=1S/C11H11Cl2FN4O/c1-15-16-11-6-18(19)17(5-9(11)13)7-2-3-10(14)8(12)4-7/h2-6,15-16,19H,1H3. The molecule has 0 bridgehead atoms. The second-order valence-electron chi connectivity index (χ2n) is 3.66. The van der Waals surface area contributed by atoms with E-state index >= 15 is 0 Å². The summed E-state index contributed by atoms with van der Waals surface area (Å²) in [5.74, 6) is -0.532. The average Bonchev–Trinajstić information content (AvgIpc) is 2.37. The average molecular weight is 305 g/mol. The number of hydrogen-bond donors (Lipinski definition) is 3. The molecule has 0 fully saturated rings. The number of benzene rings is 1. The maximum Gasteiger partial charge on any atom is 0.141 e. The zero-order valence-electron chi connectivity index (χ0n) is 9.86. The lowest BCUT2D eigenvalue weighted by Crippen LogP contribution is -2.38. The number of hydrogen-bond acceptors (Lipinski definition) is 5. The van der Waals surface area contributed by atoms with Gasteiger partial charge in [-0.05, 0) is 18.2 Å². The topological polar surface area (TPSA) is 50.8 Å². The monoisotopic (exact) mass is 304 g/mol. The van der Waals surface area contributed by atoms with Gasteiger partial charge in [0.25, 0.3) is 0 Å². The molecule has 0 amide bonds. The van der Waals surface area contributed by atoms with Crippen LogP contribution in [0.25, 0.3) is 0 Å². The Labute approximate surface area is 119 Å². The van der Waals surface area contributed by atoms with E-state index in [1.165, 1.54) is 35.6 Å². The van der Waals surface area contributed by atoms with Crippen molar-refractivity contribution in [3.05, 3.63) is 52.2 Å². The van der Waals surface area contributed by atoms with Crippen molar-refractivity contribution in [2.45, 2.75) is 0 Å². The van der Waals surface area contributed by atoms with Crippen LogP contribution in [0.15, 0.2) is 41.3 Å². The number of rotatable bonds is 3. The highest BCUT2D eigenvalue weighted by atomic mass is 35.5. The first-order valence-corrected chi connectivity index (χ1v) is 6.03. The van der Waals surface area contributed by atoms with Crippen molar-refractivity contribution in [1.29, 1.82) is 0 Å². The van der Waals surface area contributed by atoms with Crippen LogP contribution in [0, 0.1) is 5.82 Å². The Morgan fingerprint density at radius 2 is 2.00 bits per heavy atom. The lowest BCUT2D eigenvalue weighted by atomic mass is 10.3. The summed E-state index contributed by atoms with van der Waals surface area (Å²) in [6.45, 7) is 0. The summed E-state index contributed by atoms with van der Waals surface area (Å²) < 4.78 is 13.1. The minimum absolute atomic E-state index is 0.0430. The zero-order valence-corrected chi connectivity index (χ0v) is 11.4. The van der Waals surface area contributed by atoms with Crippen LogP contribution >= 0.6 is 23.2 Å². The molecule has 0 saturated carbocycles. The number of nitrogens with one attached hydrogen (secondary N) is 2. The maximum absolute atomic E-state index is 13.1. The Morgan fingerprint density at radius 1 is 1.26 bits per heavy atom. The fourth-order valence-electron chi connectivity index (χ4n) is 1.52. The van der Waals surface area contributed by atoms with Crippen LogP contribution in [0.1, 0.15) is 0 Å². The van der Waals surface area contributed by atoms with Gasteiger partial charge in [0.15, 0.2) is 0 Å². The predicted octanol–water partition coefficient (Wildman–Crippen LogP) is 2.55. The molecule has 0 radical (unpaired) electrons. The molecule has 0 aromatic heterocycles.